The average Bonchev–Trinajstić information content (AvgIpc) is 3.08. The first-order valence-corrected chi connectivity index (χ1v) is 10.3. The maximum atomic E-state index is 12.9. The Balaban J connectivity index is 1.74. The lowest BCUT2D eigenvalue weighted by Gasteiger charge is -2.09. The first kappa shape index (κ1) is 19.9. The molecule has 0 amide bonds. The van der Waals surface area contributed by atoms with E-state index in [-0.39, 0.29) is 0 Å². The van der Waals surface area contributed by atoms with Crippen molar-refractivity contribution in [2.75, 3.05) is 14.2 Å². The zero-order valence-corrected chi connectivity index (χ0v) is 18.5. The largest absolute Gasteiger partial charge is 0.496 e. The summed E-state index contributed by atoms with van der Waals surface area (Å²) < 4.78 is 18.6. The topological polar surface area (TPSA) is 53.6 Å². The second kappa shape index (κ2) is 7.31. The molecule has 5 nitrogen and oxygen atoms in total. The molecular weight excluding hydrogens is 402 g/mol. The van der Waals surface area contributed by atoms with Crippen LogP contribution in [0.4, 0.5) is 0 Å². The van der Waals surface area contributed by atoms with Crippen molar-refractivity contribution in [1.82, 2.24) is 4.57 Å². The van der Waals surface area contributed by atoms with Crippen molar-refractivity contribution in [2.24, 2.45) is 7.05 Å². The van der Waals surface area contributed by atoms with Crippen LogP contribution in [-0.4, -0.2) is 18.8 Å². The predicted molar refractivity (Wildman–Crippen MR) is 130 cm³/mol. The molecule has 0 saturated carbocycles. The SMILES string of the molecule is C=C(C)c1ccc2c3ccc(-c4cc5c(OC)cc(OC)cc5oc4=O)cc3n(C)c2c1. The number of ether oxygens (including phenoxy) is 2. The molecule has 2 heterocycles. The molecule has 0 aliphatic heterocycles. The van der Waals surface area contributed by atoms with Gasteiger partial charge in [-0.2, -0.15) is 0 Å². The van der Waals surface area contributed by atoms with Crippen LogP contribution in [-0.2, 0) is 7.05 Å². The number of benzene rings is 3. The minimum Gasteiger partial charge on any atom is -0.496 e. The normalized spacial score (nSPS) is 11.4. The van der Waals surface area contributed by atoms with Crippen LogP contribution in [0.25, 0.3) is 49.5 Å². The van der Waals surface area contributed by atoms with Crippen molar-refractivity contribution >= 4 is 38.3 Å². The molecule has 2 aromatic heterocycles. The highest BCUT2D eigenvalue weighted by Gasteiger charge is 2.15. The lowest BCUT2D eigenvalue weighted by molar-refractivity contribution is 0.396. The van der Waals surface area contributed by atoms with Crippen LogP contribution in [0.1, 0.15) is 12.5 Å². The summed E-state index contributed by atoms with van der Waals surface area (Å²) in [5.74, 6) is 1.15. The molecule has 0 aliphatic carbocycles. The first-order valence-electron chi connectivity index (χ1n) is 10.3. The highest BCUT2D eigenvalue weighted by molar-refractivity contribution is 6.09. The van der Waals surface area contributed by atoms with Gasteiger partial charge in [0, 0.05) is 41.0 Å². The maximum Gasteiger partial charge on any atom is 0.344 e. The number of hydrogen-bond donors (Lipinski definition) is 0. The van der Waals surface area contributed by atoms with Gasteiger partial charge in [-0.3, -0.25) is 0 Å². The van der Waals surface area contributed by atoms with Crippen molar-refractivity contribution in [1.29, 1.82) is 0 Å². The van der Waals surface area contributed by atoms with Crippen LogP contribution in [0.15, 0.2) is 70.4 Å². The van der Waals surface area contributed by atoms with E-state index in [0.717, 1.165) is 33.1 Å². The number of aryl methyl sites for hydroxylation is 1. The summed E-state index contributed by atoms with van der Waals surface area (Å²) in [6.45, 7) is 6.06. The quantitative estimate of drug-likeness (QED) is 0.324. The Labute approximate surface area is 185 Å². The van der Waals surface area contributed by atoms with Crippen molar-refractivity contribution in [2.45, 2.75) is 6.92 Å². The van der Waals surface area contributed by atoms with Crippen LogP contribution >= 0.6 is 0 Å². The van der Waals surface area contributed by atoms with E-state index < -0.39 is 5.63 Å². The van der Waals surface area contributed by atoms with E-state index in [4.69, 9.17) is 13.9 Å². The Morgan fingerprint density at radius 1 is 0.906 bits per heavy atom. The number of rotatable bonds is 4. The molecule has 5 rings (SSSR count). The lowest BCUT2D eigenvalue weighted by atomic mass is 10.0. The summed E-state index contributed by atoms with van der Waals surface area (Å²) >= 11 is 0. The van der Waals surface area contributed by atoms with Gasteiger partial charge in [0.25, 0.3) is 0 Å². The van der Waals surface area contributed by atoms with Crippen molar-refractivity contribution in [3.05, 3.63) is 77.2 Å². The molecule has 0 aliphatic rings. The van der Waals surface area contributed by atoms with Gasteiger partial charge in [-0.15, -0.1) is 0 Å². The van der Waals surface area contributed by atoms with Gasteiger partial charge < -0.3 is 18.5 Å². The number of aromatic nitrogens is 1. The second-order valence-electron chi connectivity index (χ2n) is 7.99. The molecule has 0 saturated heterocycles. The first-order chi connectivity index (χ1) is 15.4. The molecule has 5 aromatic rings. The summed E-state index contributed by atoms with van der Waals surface area (Å²) in [7, 11) is 5.18. The smallest absolute Gasteiger partial charge is 0.344 e. The third kappa shape index (κ3) is 2.97. The molecule has 0 spiro atoms. The molecule has 0 bridgehead atoms. The molecule has 0 atom stereocenters. The molecule has 32 heavy (non-hydrogen) atoms. The van der Waals surface area contributed by atoms with Crippen LogP contribution in [0, 0.1) is 0 Å². The summed E-state index contributed by atoms with van der Waals surface area (Å²) in [4.78, 5) is 12.9. The van der Waals surface area contributed by atoms with Crippen molar-refractivity contribution in [3.8, 4) is 22.6 Å². The van der Waals surface area contributed by atoms with Crippen molar-refractivity contribution in [3.63, 3.8) is 0 Å². The van der Waals surface area contributed by atoms with Crippen molar-refractivity contribution < 1.29 is 13.9 Å². The second-order valence-corrected chi connectivity index (χ2v) is 7.99. The third-order valence-corrected chi connectivity index (χ3v) is 6.06. The van der Waals surface area contributed by atoms with E-state index in [9.17, 15) is 4.79 Å². The number of nitrogens with zero attached hydrogens (tertiary/aromatic N) is 1. The van der Waals surface area contributed by atoms with Crippen LogP contribution < -0.4 is 15.1 Å². The van der Waals surface area contributed by atoms with E-state index in [0.29, 0.717) is 28.0 Å². The molecule has 5 heteroatoms. The Bertz CT molecular complexity index is 1600. The van der Waals surface area contributed by atoms with E-state index >= 15 is 0 Å². The van der Waals surface area contributed by atoms with E-state index in [1.54, 1.807) is 26.4 Å². The van der Waals surface area contributed by atoms with Gasteiger partial charge in [-0.25, -0.2) is 4.79 Å². The number of methoxy groups -OCH3 is 2. The zero-order chi connectivity index (χ0) is 22.6. The van der Waals surface area contributed by atoms with Gasteiger partial charge in [0.05, 0.1) is 25.2 Å². The summed E-state index contributed by atoms with van der Waals surface area (Å²) in [5, 5.41) is 3.01. The highest BCUT2D eigenvalue weighted by atomic mass is 16.5. The van der Waals surface area contributed by atoms with E-state index in [1.807, 2.05) is 32.2 Å². The minimum atomic E-state index is -0.407. The fourth-order valence-electron chi connectivity index (χ4n) is 4.29. The standard InChI is InChI=1S/C27H23NO4/c1-15(2)16-6-8-19-20-9-7-17(11-24(20)28(3)23(19)10-16)21-14-22-25(31-5)12-18(30-4)13-26(22)32-27(21)29/h6-14H,1H2,2-5H3. The van der Waals surface area contributed by atoms with Crippen LogP contribution in [0.5, 0.6) is 11.5 Å². The van der Waals surface area contributed by atoms with E-state index in [2.05, 4.69) is 35.4 Å². The number of hydrogen-bond acceptors (Lipinski definition) is 4. The van der Waals surface area contributed by atoms with Gasteiger partial charge in [0.2, 0.25) is 0 Å². The molecule has 0 fully saturated rings. The van der Waals surface area contributed by atoms with Gasteiger partial charge >= 0.3 is 5.63 Å². The molecule has 3 aromatic carbocycles. The van der Waals surface area contributed by atoms with Gasteiger partial charge in [0.15, 0.2) is 0 Å². The fraction of sp³-hybridized carbons (Fsp3) is 0.148. The van der Waals surface area contributed by atoms with Gasteiger partial charge in [-0.05, 0) is 36.2 Å². The van der Waals surface area contributed by atoms with E-state index in [1.165, 1.54) is 5.39 Å². The summed E-state index contributed by atoms with van der Waals surface area (Å²) in [6, 6.07) is 17.7. The average molecular weight is 425 g/mol. The molecule has 160 valence electrons. The molecule has 0 unspecified atom stereocenters. The van der Waals surface area contributed by atoms with Crippen LogP contribution in [0.2, 0.25) is 0 Å². The molecule has 0 radical (unpaired) electrons. The number of fused-ring (bicyclic) bond motifs is 4. The summed E-state index contributed by atoms with van der Waals surface area (Å²) in [6.07, 6.45) is 0. The Morgan fingerprint density at radius 2 is 1.62 bits per heavy atom. The fourth-order valence-corrected chi connectivity index (χ4v) is 4.29. The molecular formula is C27H23NO4. The third-order valence-electron chi connectivity index (χ3n) is 6.06. The predicted octanol–water partition coefficient (Wildman–Crippen LogP) is 6.16. The highest BCUT2D eigenvalue weighted by Crippen LogP contribution is 2.35. The van der Waals surface area contributed by atoms with Crippen LogP contribution in [0.3, 0.4) is 0 Å². The monoisotopic (exact) mass is 425 g/mol. The maximum absolute atomic E-state index is 12.9. The Kier molecular flexibility index (Phi) is 4.55. The molecule has 0 N–H and O–H groups in total. The van der Waals surface area contributed by atoms with Gasteiger partial charge in [0.1, 0.15) is 17.1 Å². The van der Waals surface area contributed by atoms with Gasteiger partial charge in [-0.1, -0.05) is 36.4 Å². The minimum absolute atomic E-state index is 0.407. The summed E-state index contributed by atoms with van der Waals surface area (Å²) in [5.41, 5.74) is 5.59. The Hall–Kier alpha value is -3.99. The zero-order valence-electron chi connectivity index (χ0n) is 18.5. The number of allylic oxidation sites excluding steroid dienone is 1. The lowest BCUT2D eigenvalue weighted by Crippen LogP contribution is -2.03. The Morgan fingerprint density at radius 3 is 2.31 bits per heavy atom.